The van der Waals surface area contributed by atoms with Crippen LogP contribution in [0.2, 0.25) is 0 Å². The Morgan fingerprint density at radius 1 is 1.03 bits per heavy atom. The number of aryl methyl sites for hydroxylation is 2. The molecule has 2 heterocycles. The molecule has 0 N–H and O–H groups in total. The monoisotopic (exact) mass is 425 g/mol. The summed E-state index contributed by atoms with van der Waals surface area (Å²) in [4.78, 5) is 32.5. The van der Waals surface area contributed by atoms with E-state index in [0.717, 1.165) is 16.7 Å². The highest BCUT2D eigenvalue weighted by Crippen LogP contribution is 2.28. The Balaban J connectivity index is 1.54. The minimum atomic E-state index is -0.559. The van der Waals surface area contributed by atoms with Gasteiger partial charge in [-0.05, 0) is 43.2 Å². The number of urea groups is 1. The van der Waals surface area contributed by atoms with Gasteiger partial charge >= 0.3 is 11.9 Å². The summed E-state index contributed by atoms with van der Waals surface area (Å²) in [6, 6.07) is 14.6. The maximum absolute atomic E-state index is 13.5. The van der Waals surface area contributed by atoms with Gasteiger partial charge in [0, 0.05) is 5.56 Å². The minimum Gasteiger partial charge on any atom is -0.335 e. The van der Waals surface area contributed by atoms with Crippen molar-refractivity contribution in [3.8, 4) is 11.4 Å². The standard InChI is InChI=1S/C25H21N4O3/c1-16-12-13-19(14-17(16)2)29-24(30)20-10-6-7-11-21(20)28(25(29)31)15-22-26-23(27-32-22)18-8-4-3-5-9-18/h3-14,20H,15H2,1-2H3/q+1. The highest BCUT2D eigenvalue weighted by atomic mass is 16.5. The van der Waals surface area contributed by atoms with E-state index < -0.39 is 11.9 Å². The predicted molar refractivity (Wildman–Crippen MR) is 119 cm³/mol. The zero-order chi connectivity index (χ0) is 22.2. The Morgan fingerprint density at radius 2 is 1.84 bits per heavy atom. The highest BCUT2D eigenvalue weighted by Gasteiger charge is 2.48. The van der Waals surface area contributed by atoms with E-state index in [0.29, 0.717) is 23.1 Å². The molecular weight excluding hydrogens is 404 g/mol. The molecule has 0 fully saturated rings. The van der Waals surface area contributed by atoms with Gasteiger partial charge < -0.3 is 4.52 Å². The first-order valence-electron chi connectivity index (χ1n) is 10.4. The fourth-order valence-corrected chi connectivity index (χ4v) is 3.88. The van der Waals surface area contributed by atoms with Crippen LogP contribution < -0.4 is 4.90 Å². The number of fused-ring (bicyclic) bond motifs is 1. The van der Waals surface area contributed by atoms with Crippen molar-refractivity contribution >= 4 is 23.3 Å². The molecule has 2 aromatic carbocycles. The molecule has 1 atom stereocenters. The predicted octanol–water partition coefficient (Wildman–Crippen LogP) is 4.22. The number of nitrogens with zero attached hydrogens (tertiary/aromatic N) is 4. The molecule has 0 radical (unpaired) electrons. The molecule has 3 aromatic rings. The van der Waals surface area contributed by atoms with Crippen LogP contribution in [0.15, 0.2) is 77.4 Å². The number of hydrogen-bond donors (Lipinski definition) is 0. The van der Waals surface area contributed by atoms with Gasteiger partial charge in [0.15, 0.2) is 6.54 Å². The van der Waals surface area contributed by atoms with Crippen LogP contribution in [0.1, 0.15) is 17.0 Å². The summed E-state index contributed by atoms with van der Waals surface area (Å²) in [5.74, 6) is -0.0926. The quantitative estimate of drug-likeness (QED) is 0.585. The van der Waals surface area contributed by atoms with Gasteiger partial charge in [0.05, 0.1) is 0 Å². The highest BCUT2D eigenvalue weighted by molar-refractivity contribution is 6.25. The van der Waals surface area contributed by atoms with Crippen LogP contribution in [0.3, 0.4) is 0 Å². The van der Waals surface area contributed by atoms with Crippen LogP contribution in [-0.2, 0) is 11.3 Å². The number of aromatic nitrogens is 2. The van der Waals surface area contributed by atoms with Crippen LogP contribution in [0.25, 0.3) is 11.4 Å². The van der Waals surface area contributed by atoms with E-state index in [2.05, 4.69) is 10.1 Å². The van der Waals surface area contributed by atoms with E-state index in [9.17, 15) is 9.59 Å². The average molecular weight is 425 g/mol. The van der Waals surface area contributed by atoms with E-state index in [1.807, 2.05) is 68.5 Å². The summed E-state index contributed by atoms with van der Waals surface area (Å²) in [7, 11) is 0. The number of carbonyl (C=O) groups excluding carboxylic acids is 2. The van der Waals surface area contributed by atoms with Crippen LogP contribution in [-0.4, -0.2) is 32.4 Å². The number of allylic oxidation sites excluding steroid dienone is 3. The van der Waals surface area contributed by atoms with Crippen molar-refractivity contribution in [3.05, 3.63) is 89.9 Å². The van der Waals surface area contributed by atoms with Crippen molar-refractivity contribution in [2.24, 2.45) is 5.92 Å². The topological polar surface area (TPSA) is 79.3 Å². The number of rotatable bonds is 4. The Kier molecular flexibility index (Phi) is 4.86. The normalized spacial score (nSPS) is 17.8. The van der Waals surface area contributed by atoms with E-state index in [-0.39, 0.29) is 12.5 Å². The molecule has 2 aliphatic rings. The third kappa shape index (κ3) is 3.37. The molecule has 5 rings (SSSR count). The Morgan fingerprint density at radius 3 is 2.62 bits per heavy atom. The molecule has 1 unspecified atom stereocenters. The summed E-state index contributed by atoms with van der Waals surface area (Å²) in [6.45, 7) is 4.02. The summed E-state index contributed by atoms with van der Waals surface area (Å²) >= 11 is 0. The third-order valence-corrected chi connectivity index (χ3v) is 5.76. The van der Waals surface area contributed by atoms with Gasteiger partial charge in [-0.15, -0.1) is 4.90 Å². The first-order chi connectivity index (χ1) is 15.5. The van der Waals surface area contributed by atoms with Crippen LogP contribution >= 0.6 is 0 Å². The molecule has 7 nitrogen and oxygen atoms in total. The smallest absolute Gasteiger partial charge is 0.335 e. The van der Waals surface area contributed by atoms with Gasteiger partial charge in [0.2, 0.25) is 5.82 Å². The summed E-state index contributed by atoms with van der Waals surface area (Å²) in [6.07, 6.45) is 7.22. The second-order valence-electron chi connectivity index (χ2n) is 7.84. The molecule has 1 aromatic heterocycles. The lowest BCUT2D eigenvalue weighted by atomic mass is 9.94. The Bertz CT molecular complexity index is 1320. The average Bonchev–Trinajstić information content (AvgIpc) is 3.28. The van der Waals surface area contributed by atoms with Crippen molar-refractivity contribution in [2.75, 3.05) is 4.90 Å². The van der Waals surface area contributed by atoms with E-state index in [4.69, 9.17) is 4.52 Å². The van der Waals surface area contributed by atoms with Crippen molar-refractivity contribution in [1.29, 1.82) is 0 Å². The number of hydrogen-bond acceptors (Lipinski definition) is 5. The molecule has 3 amide bonds. The molecule has 1 aliphatic carbocycles. The SMILES string of the molecule is Cc1ccc(N2C(=O)C3C=CC=CC3=[N+](Cc3nc(-c4ccccc4)no3)C2=O)cc1C. The van der Waals surface area contributed by atoms with Gasteiger partial charge in [-0.3, -0.25) is 0 Å². The van der Waals surface area contributed by atoms with Gasteiger partial charge in [-0.25, -0.2) is 4.79 Å². The van der Waals surface area contributed by atoms with Gasteiger partial charge in [-0.2, -0.15) is 14.4 Å². The molecule has 0 saturated carbocycles. The molecule has 0 saturated heterocycles. The fraction of sp³-hybridized carbons (Fsp3) is 0.160. The van der Waals surface area contributed by atoms with Crippen molar-refractivity contribution < 1.29 is 18.7 Å². The Labute approximate surface area is 185 Å². The molecule has 7 heteroatoms. The maximum Gasteiger partial charge on any atom is 0.506 e. The number of carbonyl (C=O) groups is 2. The third-order valence-electron chi connectivity index (χ3n) is 5.76. The van der Waals surface area contributed by atoms with Crippen molar-refractivity contribution in [2.45, 2.75) is 20.4 Å². The molecule has 1 aliphatic heterocycles. The molecular formula is C25H21N4O3+. The largest absolute Gasteiger partial charge is 0.506 e. The van der Waals surface area contributed by atoms with Gasteiger partial charge in [0.25, 0.3) is 5.89 Å². The number of amides is 3. The van der Waals surface area contributed by atoms with Crippen LogP contribution in [0, 0.1) is 19.8 Å². The second-order valence-corrected chi connectivity index (χ2v) is 7.84. The first kappa shape index (κ1) is 19.8. The molecule has 32 heavy (non-hydrogen) atoms. The van der Waals surface area contributed by atoms with Crippen LogP contribution in [0.5, 0.6) is 0 Å². The van der Waals surface area contributed by atoms with Crippen molar-refractivity contribution in [1.82, 2.24) is 10.1 Å². The molecule has 158 valence electrons. The summed E-state index contributed by atoms with van der Waals surface area (Å²) < 4.78 is 6.97. The molecule has 0 bridgehead atoms. The fourth-order valence-electron chi connectivity index (χ4n) is 3.88. The number of benzene rings is 2. The second kappa shape index (κ2) is 7.85. The summed E-state index contributed by atoms with van der Waals surface area (Å²) in [5.41, 5.74) is 4.07. The van der Waals surface area contributed by atoms with Crippen LogP contribution in [0.4, 0.5) is 10.5 Å². The first-order valence-corrected chi connectivity index (χ1v) is 10.4. The van der Waals surface area contributed by atoms with E-state index in [1.54, 1.807) is 18.2 Å². The minimum absolute atomic E-state index is 0.0668. The lowest BCUT2D eigenvalue weighted by Gasteiger charge is -2.26. The lowest BCUT2D eigenvalue weighted by molar-refractivity contribution is -0.449. The molecule has 0 spiro atoms. The Hall–Kier alpha value is -4.13. The zero-order valence-electron chi connectivity index (χ0n) is 17.7. The zero-order valence-corrected chi connectivity index (χ0v) is 17.7. The maximum atomic E-state index is 13.5. The van der Waals surface area contributed by atoms with E-state index in [1.165, 1.54) is 9.48 Å². The van der Waals surface area contributed by atoms with E-state index >= 15 is 0 Å². The number of imide groups is 1. The van der Waals surface area contributed by atoms with Gasteiger partial charge in [0.1, 0.15) is 17.3 Å². The van der Waals surface area contributed by atoms with Gasteiger partial charge in [-0.1, -0.05) is 59.8 Å². The summed E-state index contributed by atoms with van der Waals surface area (Å²) in [5, 5.41) is 4.05. The van der Waals surface area contributed by atoms with Crippen molar-refractivity contribution in [3.63, 3.8) is 0 Å². The lowest BCUT2D eigenvalue weighted by Crippen LogP contribution is -2.54. The number of anilines is 1.